The molecule has 0 saturated carbocycles. The molecular formula is C27H22Cl2N4O3S. The summed E-state index contributed by atoms with van der Waals surface area (Å²) in [5, 5.41) is 9.51. The molecule has 2 aliphatic heterocycles. The Morgan fingerprint density at radius 3 is 2.00 bits per heavy atom. The van der Waals surface area contributed by atoms with Crippen molar-refractivity contribution in [1.82, 2.24) is 16.0 Å². The fourth-order valence-electron chi connectivity index (χ4n) is 4.69. The van der Waals surface area contributed by atoms with E-state index < -0.39 is 35.3 Å². The van der Waals surface area contributed by atoms with E-state index in [0.717, 1.165) is 11.1 Å². The highest BCUT2D eigenvalue weighted by atomic mass is 35.5. The van der Waals surface area contributed by atoms with Crippen molar-refractivity contribution in [3.05, 3.63) is 105 Å². The van der Waals surface area contributed by atoms with Crippen molar-refractivity contribution < 1.29 is 14.4 Å². The Bertz CT molecular complexity index is 1390. The molecule has 2 aliphatic rings. The summed E-state index contributed by atoms with van der Waals surface area (Å²) in [4.78, 5) is 44.3. The first-order chi connectivity index (χ1) is 17.8. The second-order valence-electron chi connectivity index (χ2n) is 8.84. The van der Waals surface area contributed by atoms with Crippen molar-refractivity contribution in [3.8, 4) is 0 Å². The number of nitrogens with zero attached hydrogens (tertiary/aromatic N) is 1. The number of hydrogen-bond acceptors (Lipinski definition) is 6. The Hall–Kier alpha value is -3.33. The number of thioether (sulfide) groups is 1. The minimum absolute atomic E-state index is 0.506. The van der Waals surface area contributed by atoms with Gasteiger partial charge in [0.25, 0.3) is 0 Å². The molecule has 0 aliphatic carbocycles. The van der Waals surface area contributed by atoms with Gasteiger partial charge in [-0.2, -0.15) is 0 Å². The predicted octanol–water partition coefficient (Wildman–Crippen LogP) is 5.33. The zero-order chi connectivity index (χ0) is 26.2. The number of urea groups is 1. The normalized spacial score (nSPS) is 20.6. The van der Waals surface area contributed by atoms with Crippen LogP contribution in [-0.4, -0.2) is 23.0 Å². The number of amidine groups is 1. The molecule has 4 amide bonds. The maximum absolute atomic E-state index is 13.7. The molecule has 0 aromatic heterocycles. The van der Waals surface area contributed by atoms with E-state index in [1.807, 2.05) is 31.2 Å². The van der Waals surface area contributed by atoms with Gasteiger partial charge in [0, 0.05) is 15.8 Å². The largest absolute Gasteiger partial charge is 0.356 e. The third-order valence-electron chi connectivity index (χ3n) is 6.62. The van der Waals surface area contributed by atoms with E-state index in [2.05, 4.69) is 16.0 Å². The molecule has 10 heteroatoms. The van der Waals surface area contributed by atoms with Gasteiger partial charge in [-0.15, -0.1) is 0 Å². The minimum Gasteiger partial charge on any atom is -0.356 e. The summed E-state index contributed by atoms with van der Waals surface area (Å²) in [5.41, 5.74) is 1.74. The average molecular weight is 553 g/mol. The maximum atomic E-state index is 13.7. The topological polar surface area (TPSA) is 99.7 Å². The summed E-state index contributed by atoms with van der Waals surface area (Å²) < 4.78 is 0. The van der Waals surface area contributed by atoms with Gasteiger partial charge in [-0.1, -0.05) is 83.5 Å². The standard InChI is InChI=1S/C27H22Cl2N4O3S/c1-15-4-2-3-5-18(15)14-37-26-30-21(16-6-10-19(28)11-7-16)27(23(34)32-25(36)33-24(27)35)22(31-26)17-8-12-20(29)13-9-17/h2-13,21-22H,14H2,1H3,(H,30,31)(H2,32,33,34,35,36)/t21-,22+. The van der Waals surface area contributed by atoms with Crippen molar-refractivity contribution in [2.75, 3.05) is 0 Å². The minimum atomic E-state index is -1.80. The SMILES string of the molecule is Cc1ccccc1CSC1=N[C@@H](c2ccc(Cl)cc2)C2(C(=O)NC(=O)NC2=O)[C@@H](c2ccc(Cl)cc2)N1. The molecule has 188 valence electrons. The number of carbonyl (C=O) groups excluding carboxylic acids is 3. The van der Waals surface area contributed by atoms with Crippen LogP contribution in [0.1, 0.15) is 34.3 Å². The van der Waals surface area contributed by atoms with E-state index >= 15 is 0 Å². The molecule has 1 saturated heterocycles. The monoisotopic (exact) mass is 552 g/mol. The van der Waals surface area contributed by atoms with Crippen LogP contribution in [0.2, 0.25) is 10.0 Å². The van der Waals surface area contributed by atoms with E-state index in [4.69, 9.17) is 28.2 Å². The first-order valence-electron chi connectivity index (χ1n) is 11.5. The molecule has 5 rings (SSSR count). The number of aryl methyl sites for hydroxylation is 1. The highest BCUT2D eigenvalue weighted by Gasteiger charge is 2.63. The van der Waals surface area contributed by atoms with Crippen molar-refractivity contribution >= 4 is 58.0 Å². The molecule has 7 nitrogen and oxygen atoms in total. The van der Waals surface area contributed by atoms with Crippen LogP contribution >= 0.6 is 35.0 Å². The molecule has 3 N–H and O–H groups in total. The number of barbiturate groups is 1. The van der Waals surface area contributed by atoms with Crippen LogP contribution in [0.15, 0.2) is 77.8 Å². The second-order valence-corrected chi connectivity index (χ2v) is 10.7. The number of nitrogens with one attached hydrogen (secondary N) is 3. The third kappa shape index (κ3) is 4.72. The van der Waals surface area contributed by atoms with E-state index in [1.54, 1.807) is 48.5 Å². The summed E-state index contributed by atoms with van der Waals surface area (Å²) in [6, 6.07) is 19.1. The van der Waals surface area contributed by atoms with Crippen LogP contribution in [0, 0.1) is 12.3 Å². The lowest BCUT2D eigenvalue weighted by Gasteiger charge is -2.47. The molecule has 2 heterocycles. The van der Waals surface area contributed by atoms with Crippen LogP contribution in [0.3, 0.4) is 0 Å². The fourth-order valence-corrected chi connectivity index (χ4v) is 5.94. The first kappa shape index (κ1) is 25.3. The van der Waals surface area contributed by atoms with E-state index in [1.165, 1.54) is 11.8 Å². The van der Waals surface area contributed by atoms with Gasteiger partial charge in [0.1, 0.15) is 6.04 Å². The van der Waals surface area contributed by atoms with Crippen molar-refractivity contribution in [2.24, 2.45) is 10.4 Å². The quantitative estimate of drug-likeness (QED) is 0.380. The molecule has 1 fully saturated rings. The lowest BCUT2D eigenvalue weighted by atomic mass is 9.66. The van der Waals surface area contributed by atoms with Gasteiger partial charge in [-0.3, -0.25) is 25.2 Å². The van der Waals surface area contributed by atoms with Crippen LogP contribution in [0.5, 0.6) is 0 Å². The van der Waals surface area contributed by atoms with Gasteiger partial charge in [0.15, 0.2) is 10.6 Å². The zero-order valence-electron chi connectivity index (χ0n) is 19.6. The van der Waals surface area contributed by atoms with Gasteiger partial charge in [-0.25, -0.2) is 4.79 Å². The zero-order valence-corrected chi connectivity index (χ0v) is 22.0. The number of aliphatic imine (C=N–C) groups is 1. The lowest BCUT2D eigenvalue weighted by Crippen LogP contribution is -2.69. The highest BCUT2D eigenvalue weighted by molar-refractivity contribution is 8.13. The molecule has 3 aromatic carbocycles. The predicted molar refractivity (Wildman–Crippen MR) is 146 cm³/mol. The number of imide groups is 2. The summed E-state index contributed by atoms with van der Waals surface area (Å²) in [7, 11) is 0. The van der Waals surface area contributed by atoms with Gasteiger partial charge >= 0.3 is 6.03 Å². The summed E-state index contributed by atoms with van der Waals surface area (Å²) in [5.74, 6) is -0.844. The number of halogens is 2. The summed E-state index contributed by atoms with van der Waals surface area (Å²) >= 11 is 13.8. The molecule has 0 radical (unpaired) electrons. The summed E-state index contributed by atoms with van der Waals surface area (Å²) in [6.07, 6.45) is 0. The van der Waals surface area contributed by atoms with Gasteiger partial charge in [-0.05, 0) is 53.4 Å². The third-order valence-corrected chi connectivity index (χ3v) is 8.08. The van der Waals surface area contributed by atoms with Crippen molar-refractivity contribution in [3.63, 3.8) is 0 Å². The Morgan fingerprint density at radius 1 is 0.838 bits per heavy atom. The number of hydrogen-bond donors (Lipinski definition) is 3. The molecule has 3 aromatic rings. The molecular weight excluding hydrogens is 531 g/mol. The molecule has 1 spiro atoms. The van der Waals surface area contributed by atoms with Gasteiger partial charge in [0.05, 0.1) is 6.04 Å². The first-order valence-corrected chi connectivity index (χ1v) is 13.2. The Labute approximate surface area is 228 Å². The Morgan fingerprint density at radius 2 is 1.41 bits per heavy atom. The van der Waals surface area contributed by atoms with Crippen LogP contribution < -0.4 is 16.0 Å². The molecule has 37 heavy (non-hydrogen) atoms. The van der Waals surface area contributed by atoms with Crippen LogP contribution in [-0.2, 0) is 15.3 Å². The average Bonchev–Trinajstić information content (AvgIpc) is 2.87. The van der Waals surface area contributed by atoms with Crippen molar-refractivity contribution in [2.45, 2.75) is 24.8 Å². The molecule has 2 atom stereocenters. The van der Waals surface area contributed by atoms with E-state index in [0.29, 0.717) is 32.1 Å². The van der Waals surface area contributed by atoms with E-state index in [9.17, 15) is 14.4 Å². The lowest BCUT2D eigenvalue weighted by molar-refractivity contribution is -0.149. The second kappa shape index (κ2) is 10.2. The van der Waals surface area contributed by atoms with Gasteiger partial charge in [0.2, 0.25) is 11.8 Å². The fraction of sp³-hybridized carbons (Fsp3) is 0.185. The smallest absolute Gasteiger partial charge is 0.328 e. The summed E-state index contributed by atoms with van der Waals surface area (Å²) in [6.45, 7) is 2.04. The number of benzene rings is 3. The van der Waals surface area contributed by atoms with Crippen LogP contribution in [0.4, 0.5) is 4.79 Å². The molecule has 0 unspecified atom stereocenters. The number of rotatable bonds is 4. The number of amides is 4. The highest BCUT2D eigenvalue weighted by Crippen LogP contribution is 2.51. The Kier molecular flexibility index (Phi) is 6.98. The molecule has 0 bridgehead atoms. The number of carbonyl (C=O) groups is 3. The van der Waals surface area contributed by atoms with E-state index in [-0.39, 0.29) is 0 Å². The van der Waals surface area contributed by atoms with Gasteiger partial charge < -0.3 is 5.32 Å². The van der Waals surface area contributed by atoms with Crippen molar-refractivity contribution in [1.29, 1.82) is 0 Å². The Balaban J connectivity index is 1.66. The maximum Gasteiger partial charge on any atom is 0.328 e. The van der Waals surface area contributed by atoms with Crippen LogP contribution in [0.25, 0.3) is 0 Å².